The fraction of sp³-hybridized carbons (Fsp3) is 0.615. The summed E-state index contributed by atoms with van der Waals surface area (Å²) in [7, 11) is 0. The van der Waals surface area contributed by atoms with Gasteiger partial charge in [0.1, 0.15) is 6.10 Å². The number of rotatable bonds is 2. The van der Waals surface area contributed by atoms with Crippen LogP contribution >= 0.6 is 27.3 Å². The van der Waals surface area contributed by atoms with Gasteiger partial charge in [0, 0.05) is 24.4 Å². The highest BCUT2D eigenvalue weighted by Crippen LogP contribution is 2.29. The zero-order valence-corrected chi connectivity index (χ0v) is 13.1. The molecular formula is C13H17BrN2O2S. The zero-order valence-electron chi connectivity index (χ0n) is 10.7. The maximum atomic E-state index is 12.0. The maximum absolute atomic E-state index is 12.0. The topological polar surface area (TPSA) is 42.4 Å². The monoisotopic (exact) mass is 344 g/mol. The quantitative estimate of drug-likeness (QED) is 0.773. The third-order valence-corrected chi connectivity index (χ3v) is 5.11. The van der Waals surface area contributed by atoms with Gasteiger partial charge in [0.15, 0.2) is 9.61 Å². The lowest BCUT2D eigenvalue weighted by Crippen LogP contribution is -2.48. The molecule has 2 aliphatic heterocycles. The van der Waals surface area contributed by atoms with Crippen molar-refractivity contribution in [3.05, 3.63) is 22.4 Å². The molecule has 2 aliphatic rings. The minimum Gasteiger partial charge on any atom is -0.457 e. The summed E-state index contributed by atoms with van der Waals surface area (Å²) < 4.78 is 6.36. The second-order valence-electron chi connectivity index (χ2n) is 4.92. The van der Waals surface area contributed by atoms with Crippen LogP contribution in [0.25, 0.3) is 0 Å². The Morgan fingerprint density at radius 1 is 1.47 bits per heavy atom. The number of esters is 1. The van der Waals surface area contributed by atoms with E-state index in [0.29, 0.717) is 11.6 Å². The molecule has 3 atom stereocenters. The summed E-state index contributed by atoms with van der Waals surface area (Å²) in [5.74, 6) is 0.236. The van der Waals surface area contributed by atoms with Crippen LogP contribution in [0.5, 0.6) is 0 Å². The molecule has 3 rings (SSSR count). The van der Waals surface area contributed by atoms with Crippen LogP contribution in [-0.2, 0) is 4.74 Å². The van der Waals surface area contributed by atoms with Gasteiger partial charge in [0.2, 0.25) is 0 Å². The van der Waals surface area contributed by atoms with E-state index < -0.39 is 0 Å². The van der Waals surface area contributed by atoms with Crippen molar-refractivity contribution in [3.63, 3.8) is 0 Å². The average Bonchev–Trinajstić information content (AvgIpc) is 2.80. The number of aromatic nitrogens is 1. The van der Waals surface area contributed by atoms with Crippen LogP contribution < -0.4 is 0 Å². The Balaban J connectivity index is 0.00000133. The Hall–Kier alpha value is -0.460. The summed E-state index contributed by atoms with van der Waals surface area (Å²) >= 11 is 4.67. The molecule has 2 bridgehead atoms. The smallest absolute Gasteiger partial charge is 0.358 e. The lowest BCUT2D eigenvalue weighted by atomic mass is 9.87. The highest BCUT2D eigenvalue weighted by Gasteiger charge is 2.34. The maximum Gasteiger partial charge on any atom is 0.358 e. The fourth-order valence-corrected chi connectivity index (χ4v) is 3.82. The van der Waals surface area contributed by atoms with Crippen molar-refractivity contribution in [1.29, 1.82) is 0 Å². The number of nitrogens with zero attached hydrogens (tertiary/aromatic N) is 2. The van der Waals surface area contributed by atoms with Crippen LogP contribution in [-0.4, -0.2) is 41.6 Å². The van der Waals surface area contributed by atoms with E-state index in [1.807, 2.05) is 0 Å². The van der Waals surface area contributed by atoms with Gasteiger partial charge in [-0.2, -0.15) is 0 Å². The van der Waals surface area contributed by atoms with E-state index in [9.17, 15) is 4.79 Å². The minimum atomic E-state index is -0.277. The summed E-state index contributed by atoms with van der Waals surface area (Å²) in [6, 6.07) is 0. The van der Waals surface area contributed by atoms with E-state index in [4.69, 9.17) is 4.74 Å². The summed E-state index contributed by atoms with van der Waals surface area (Å²) in [4.78, 5) is 18.6. The van der Waals surface area contributed by atoms with Crippen molar-refractivity contribution in [2.24, 2.45) is 5.92 Å². The van der Waals surface area contributed by atoms with Crippen molar-refractivity contribution in [2.75, 3.05) is 19.6 Å². The lowest BCUT2D eigenvalue weighted by molar-refractivity contribution is -0.0296. The zero-order chi connectivity index (χ0) is 12.5. The molecule has 3 heterocycles. The number of hydrogen-bond donors (Lipinski definition) is 0. The van der Waals surface area contributed by atoms with Crippen molar-refractivity contribution in [3.8, 4) is 0 Å². The van der Waals surface area contributed by atoms with Crippen molar-refractivity contribution in [2.45, 2.75) is 25.4 Å². The number of halogens is 1. The Morgan fingerprint density at radius 2 is 2.32 bits per heavy atom. The first kappa shape index (κ1) is 14.9. The molecule has 19 heavy (non-hydrogen) atoms. The molecule has 4 nitrogen and oxygen atoms in total. The van der Waals surface area contributed by atoms with Crippen LogP contribution in [0.1, 0.15) is 29.8 Å². The lowest BCUT2D eigenvalue weighted by Gasteiger charge is -2.41. The normalized spacial score (nSPS) is 29.4. The van der Waals surface area contributed by atoms with Gasteiger partial charge in [-0.05, 0) is 41.7 Å². The van der Waals surface area contributed by atoms with Crippen molar-refractivity contribution < 1.29 is 9.53 Å². The molecule has 2 radical (unpaired) electrons. The van der Waals surface area contributed by atoms with Crippen LogP contribution in [0.3, 0.4) is 0 Å². The molecule has 2 saturated heterocycles. The van der Waals surface area contributed by atoms with Gasteiger partial charge < -0.3 is 9.64 Å². The van der Waals surface area contributed by atoms with Gasteiger partial charge in [-0.25, -0.2) is 9.78 Å². The third-order valence-electron chi connectivity index (χ3n) is 3.74. The number of carbonyl (C=O) groups excluding carboxylic acids is 1. The van der Waals surface area contributed by atoms with E-state index in [1.165, 1.54) is 30.7 Å². The molecule has 1 aromatic heterocycles. The third kappa shape index (κ3) is 3.35. The number of piperidine rings is 2. The SMILES string of the molecule is O=C(OC1CCN2CCCC1C2)c1csc(Br)n1.[CH2]. The Kier molecular flexibility index (Phi) is 4.97. The van der Waals surface area contributed by atoms with Crippen molar-refractivity contribution >= 4 is 33.2 Å². The van der Waals surface area contributed by atoms with Gasteiger partial charge in [-0.3, -0.25) is 0 Å². The van der Waals surface area contributed by atoms with E-state index in [-0.39, 0.29) is 19.5 Å². The first-order valence-corrected chi connectivity index (χ1v) is 7.94. The average molecular weight is 345 g/mol. The molecule has 0 spiro atoms. The van der Waals surface area contributed by atoms with Crippen molar-refractivity contribution in [1.82, 2.24) is 9.88 Å². The minimum absolute atomic E-state index is 0. The van der Waals surface area contributed by atoms with Crippen LogP contribution in [0.4, 0.5) is 0 Å². The molecule has 0 N–H and O–H groups in total. The molecular weight excluding hydrogens is 328 g/mol. The molecule has 2 fully saturated rings. The molecule has 0 aromatic carbocycles. The predicted molar refractivity (Wildman–Crippen MR) is 78.2 cm³/mol. The fourth-order valence-electron chi connectivity index (χ4n) is 2.84. The van der Waals surface area contributed by atoms with E-state index in [0.717, 1.165) is 23.4 Å². The molecule has 104 valence electrons. The highest BCUT2D eigenvalue weighted by atomic mass is 79.9. The van der Waals surface area contributed by atoms with E-state index in [2.05, 4.69) is 25.8 Å². The van der Waals surface area contributed by atoms with E-state index in [1.54, 1.807) is 5.38 Å². The van der Waals surface area contributed by atoms with Gasteiger partial charge in [0.25, 0.3) is 0 Å². The second-order valence-corrected chi connectivity index (χ2v) is 7.06. The first-order chi connectivity index (χ1) is 8.72. The highest BCUT2D eigenvalue weighted by molar-refractivity contribution is 9.11. The second kappa shape index (κ2) is 6.33. The van der Waals surface area contributed by atoms with Gasteiger partial charge in [-0.1, -0.05) is 7.43 Å². The summed E-state index contributed by atoms with van der Waals surface area (Å²) in [5.41, 5.74) is 0.421. The predicted octanol–water partition coefficient (Wildman–Crippen LogP) is 2.87. The summed E-state index contributed by atoms with van der Waals surface area (Å²) in [5, 5.41) is 1.74. The first-order valence-electron chi connectivity index (χ1n) is 6.27. The Labute approximate surface area is 126 Å². The Morgan fingerprint density at radius 3 is 3.05 bits per heavy atom. The molecule has 0 amide bonds. The van der Waals surface area contributed by atoms with Gasteiger partial charge in [0.05, 0.1) is 0 Å². The number of fused-ring (bicyclic) bond motifs is 2. The Bertz CT molecular complexity index is 452. The number of carbonyl (C=O) groups is 1. The molecule has 3 unspecified atom stereocenters. The number of ether oxygens (including phenoxy) is 1. The largest absolute Gasteiger partial charge is 0.457 e. The summed E-state index contributed by atoms with van der Waals surface area (Å²) in [6.07, 6.45) is 3.44. The summed E-state index contributed by atoms with van der Waals surface area (Å²) in [6.45, 7) is 3.34. The molecule has 1 aromatic rings. The number of hydrogen-bond acceptors (Lipinski definition) is 5. The van der Waals surface area contributed by atoms with Crippen LogP contribution in [0.2, 0.25) is 0 Å². The standard InChI is InChI=1S/C12H15BrN2O2S.CH2/c13-12-14-9(7-18-12)11(16)17-10-3-5-15-4-1-2-8(10)6-15;/h7-8,10H,1-6H2;1H2. The van der Waals surface area contributed by atoms with Crippen LogP contribution in [0, 0.1) is 13.3 Å². The molecule has 6 heteroatoms. The van der Waals surface area contributed by atoms with E-state index >= 15 is 0 Å². The van der Waals surface area contributed by atoms with Gasteiger partial charge >= 0.3 is 5.97 Å². The van der Waals surface area contributed by atoms with Crippen LogP contribution in [0.15, 0.2) is 9.30 Å². The number of thiazole rings is 1. The molecule has 0 saturated carbocycles. The van der Waals surface area contributed by atoms with Gasteiger partial charge in [-0.15, -0.1) is 11.3 Å². The molecule has 0 aliphatic carbocycles.